The lowest BCUT2D eigenvalue weighted by Gasteiger charge is -2.36. The van der Waals surface area contributed by atoms with E-state index in [1.807, 2.05) is 20.8 Å². The Labute approximate surface area is 109 Å². The number of carbonyl (C=O) groups excluding carboxylic acids is 1. The van der Waals surface area contributed by atoms with Gasteiger partial charge in [0.15, 0.2) is 0 Å². The van der Waals surface area contributed by atoms with Gasteiger partial charge in [0, 0.05) is 19.0 Å². The van der Waals surface area contributed by atoms with E-state index < -0.39 is 11.7 Å². The SMILES string of the molecule is CC(C)(C)OC(=O)N1CCCC(C(O)CCN)C1. The molecule has 1 aliphatic heterocycles. The van der Waals surface area contributed by atoms with E-state index in [4.69, 9.17) is 10.5 Å². The molecule has 1 fully saturated rings. The van der Waals surface area contributed by atoms with Crippen molar-refractivity contribution in [3.63, 3.8) is 0 Å². The zero-order valence-corrected chi connectivity index (χ0v) is 11.7. The van der Waals surface area contributed by atoms with Crippen molar-refractivity contribution < 1.29 is 14.6 Å². The third-order valence-corrected chi connectivity index (χ3v) is 3.12. The van der Waals surface area contributed by atoms with Crippen LogP contribution in [-0.2, 0) is 4.74 Å². The summed E-state index contributed by atoms with van der Waals surface area (Å²) in [6.45, 7) is 7.32. The van der Waals surface area contributed by atoms with Crippen LogP contribution in [0.1, 0.15) is 40.0 Å². The number of rotatable bonds is 3. The van der Waals surface area contributed by atoms with Crippen LogP contribution in [0.5, 0.6) is 0 Å². The lowest BCUT2D eigenvalue weighted by atomic mass is 9.91. The van der Waals surface area contributed by atoms with E-state index in [9.17, 15) is 9.90 Å². The van der Waals surface area contributed by atoms with Crippen molar-refractivity contribution in [2.24, 2.45) is 11.7 Å². The maximum atomic E-state index is 11.9. The van der Waals surface area contributed by atoms with Gasteiger partial charge in [0.1, 0.15) is 5.60 Å². The minimum absolute atomic E-state index is 0.120. The first-order chi connectivity index (χ1) is 8.33. The number of nitrogens with zero attached hydrogens (tertiary/aromatic N) is 1. The predicted molar refractivity (Wildman–Crippen MR) is 70.2 cm³/mol. The normalized spacial score (nSPS) is 22.7. The van der Waals surface area contributed by atoms with Crippen LogP contribution in [-0.4, -0.2) is 47.4 Å². The molecule has 2 unspecified atom stereocenters. The Balaban J connectivity index is 2.50. The van der Waals surface area contributed by atoms with Crippen LogP contribution >= 0.6 is 0 Å². The van der Waals surface area contributed by atoms with Gasteiger partial charge in [0.05, 0.1) is 6.10 Å². The first-order valence-electron chi connectivity index (χ1n) is 6.69. The number of carbonyl (C=O) groups is 1. The molecule has 0 radical (unpaired) electrons. The monoisotopic (exact) mass is 258 g/mol. The van der Waals surface area contributed by atoms with Crippen molar-refractivity contribution in [3.8, 4) is 0 Å². The van der Waals surface area contributed by atoms with E-state index in [1.54, 1.807) is 4.90 Å². The number of piperidine rings is 1. The summed E-state index contributed by atoms with van der Waals surface area (Å²) in [7, 11) is 0. The largest absolute Gasteiger partial charge is 0.444 e. The van der Waals surface area contributed by atoms with Gasteiger partial charge >= 0.3 is 6.09 Å². The molecule has 5 heteroatoms. The van der Waals surface area contributed by atoms with E-state index in [0.717, 1.165) is 12.8 Å². The molecule has 2 atom stereocenters. The molecule has 1 heterocycles. The number of likely N-dealkylation sites (tertiary alicyclic amines) is 1. The minimum Gasteiger partial charge on any atom is -0.444 e. The minimum atomic E-state index is -0.472. The Hall–Kier alpha value is -0.810. The number of ether oxygens (including phenoxy) is 1. The lowest BCUT2D eigenvalue weighted by Crippen LogP contribution is -2.45. The van der Waals surface area contributed by atoms with Crippen LogP contribution in [0, 0.1) is 5.92 Å². The summed E-state index contributed by atoms with van der Waals surface area (Å²) in [5.41, 5.74) is 4.98. The topological polar surface area (TPSA) is 75.8 Å². The van der Waals surface area contributed by atoms with Crippen LogP contribution in [0.15, 0.2) is 0 Å². The van der Waals surface area contributed by atoms with Gasteiger partial charge in [-0.05, 0) is 46.6 Å². The third-order valence-electron chi connectivity index (χ3n) is 3.12. The smallest absolute Gasteiger partial charge is 0.410 e. The number of aliphatic hydroxyl groups is 1. The van der Waals surface area contributed by atoms with Gasteiger partial charge in [-0.2, -0.15) is 0 Å². The molecule has 0 spiro atoms. The summed E-state index contributed by atoms with van der Waals surface area (Å²) in [6, 6.07) is 0. The molecule has 0 aliphatic carbocycles. The van der Waals surface area contributed by atoms with Crippen LogP contribution in [0.25, 0.3) is 0 Å². The molecule has 1 amide bonds. The number of nitrogens with two attached hydrogens (primary N) is 1. The maximum absolute atomic E-state index is 11.9. The Morgan fingerprint density at radius 1 is 1.56 bits per heavy atom. The lowest BCUT2D eigenvalue weighted by molar-refractivity contribution is 0.00201. The highest BCUT2D eigenvalue weighted by Crippen LogP contribution is 2.22. The molecule has 5 nitrogen and oxygen atoms in total. The van der Waals surface area contributed by atoms with Crippen molar-refractivity contribution in [2.75, 3.05) is 19.6 Å². The first kappa shape index (κ1) is 15.2. The summed E-state index contributed by atoms with van der Waals surface area (Å²) >= 11 is 0. The van der Waals surface area contributed by atoms with Crippen LogP contribution < -0.4 is 5.73 Å². The molecule has 3 N–H and O–H groups in total. The van der Waals surface area contributed by atoms with Crippen molar-refractivity contribution in [1.82, 2.24) is 4.90 Å². The van der Waals surface area contributed by atoms with E-state index in [1.165, 1.54) is 0 Å². The molecule has 18 heavy (non-hydrogen) atoms. The van der Waals surface area contributed by atoms with Crippen molar-refractivity contribution in [1.29, 1.82) is 0 Å². The molecular formula is C13H26N2O3. The molecule has 1 aliphatic rings. The second-order valence-electron chi connectivity index (χ2n) is 5.97. The van der Waals surface area contributed by atoms with E-state index >= 15 is 0 Å². The number of amides is 1. The average Bonchev–Trinajstić information content (AvgIpc) is 2.27. The van der Waals surface area contributed by atoms with Crippen molar-refractivity contribution in [2.45, 2.75) is 51.7 Å². The fourth-order valence-corrected chi connectivity index (χ4v) is 2.22. The molecular weight excluding hydrogens is 232 g/mol. The number of hydrogen-bond donors (Lipinski definition) is 2. The number of hydrogen-bond acceptors (Lipinski definition) is 4. The van der Waals surface area contributed by atoms with Crippen LogP contribution in [0.4, 0.5) is 4.79 Å². The molecule has 0 saturated carbocycles. The molecule has 106 valence electrons. The Bertz CT molecular complexity index is 276. The van der Waals surface area contributed by atoms with E-state index in [-0.39, 0.29) is 12.0 Å². The zero-order valence-electron chi connectivity index (χ0n) is 11.7. The van der Waals surface area contributed by atoms with Gasteiger partial charge < -0.3 is 20.5 Å². The van der Waals surface area contributed by atoms with E-state index in [0.29, 0.717) is 26.1 Å². The molecule has 1 saturated heterocycles. The summed E-state index contributed by atoms with van der Waals surface area (Å²) in [4.78, 5) is 13.6. The highest BCUT2D eigenvalue weighted by Gasteiger charge is 2.30. The van der Waals surface area contributed by atoms with Crippen molar-refractivity contribution in [3.05, 3.63) is 0 Å². The maximum Gasteiger partial charge on any atom is 0.410 e. The Morgan fingerprint density at radius 2 is 2.22 bits per heavy atom. The molecule has 0 aromatic heterocycles. The van der Waals surface area contributed by atoms with Gasteiger partial charge in [0.2, 0.25) is 0 Å². The second-order valence-corrected chi connectivity index (χ2v) is 5.97. The van der Waals surface area contributed by atoms with Gasteiger partial charge in [0.25, 0.3) is 0 Å². The van der Waals surface area contributed by atoms with Crippen LogP contribution in [0.3, 0.4) is 0 Å². The van der Waals surface area contributed by atoms with E-state index in [2.05, 4.69) is 0 Å². The van der Waals surface area contributed by atoms with Crippen LogP contribution in [0.2, 0.25) is 0 Å². The van der Waals surface area contributed by atoms with Gasteiger partial charge in [-0.25, -0.2) is 4.79 Å². The van der Waals surface area contributed by atoms with Crippen molar-refractivity contribution >= 4 is 6.09 Å². The summed E-state index contributed by atoms with van der Waals surface area (Å²) in [5, 5.41) is 9.95. The highest BCUT2D eigenvalue weighted by atomic mass is 16.6. The highest BCUT2D eigenvalue weighted by molar-refractivity contribution is 5.68. The number of aliphatic hydroxyl groups excluding tert-OH is 1. The Morgan fingerprint density at radius 3 is 2.78 bits per heavy atom. The fourth-order valence-electron chi connectivity index (χ4n) is 2.22. The predicted octanol–water partition coefficient (Wildman–Crippen LogP) is 1.34. The molecule has 1 rings (SSSR count). The summed E-state index contributed by atoms with van der Waals surface area (Å²) < 4.78 is 5.35. The summed E-state index contributed by atoms with van der Waals surface area (Å²) in [5.74, 6) is 0.120. The standard InChI is InChI=1S/C13H26N2O3/c1-13(2,3)18-12(17)15-8-4-5-10(9-15)11(16)6-7-14/h10-11,16H,4-9,14H2,1-3H3. The average molecular weight is 258 g/mol. The Kier molecular flexibility index (Phi) is 5.41. The molecule has 0 aromatic carbocycles. The van der Waals surface area contributed by atoms with Gasteiger partial charge in [-0.15, -0.1) is 0 Å². The molecule has 0 bridgehead atoms. The quantitative estimate of drug-likeness (QED) is 0.801. The first-order valence-corrected chi connectivity index (χ1v) is 6.69. The third kappa shape index (κ3) is 4.82. The zero-order chi connectivity index (χ0) is 13.8. The summed E-state index contributed by atoms with van der Waals surface area (Å²) in [6.07, 6.45) is 1.74. The van der Waals surface area contributed by atoms with Gasteiger partial charge in [-0.1, -0.05) is 0 Å². The van der Waals surface area contributed by atoms with Gasteiger partial charge in [-0.3, -0.25) is 0 Å². The fraction of sp³-hybridized carbons (Fsp3) is 0.923. The molecule has 0 aromatic rings. The second kappa shape index (κ2) is 6.38.